The van der Waals surface area contributed by atoms with Gasteiger partial charge in [-0.2, -0.15) is 0 Å². The molecule has 1 aromatic heterocycles. The van der Waals surface area contributed by atoms with E-state index in [0.29, 0.717) is 16.0 Å². The molecule has 0 aliphatic carbocycles. The average molecular weight is 530 g/mol. The maximum absolute atomic E-state index is 12.5. The lowest BCUT2D eigenvalue weighted by atomic mass is 10.2. The van der Waals surface area contributed by atoms with E-state index in [1.165, 1.54) is 11.8 Å². The number of carbonyl (C=O) groups excluding carboxylic acids is 1. The van der Waals surface area contributed by atoms with E-state index >= 15 is 0 Å². The Bertz CT molecular complexity index is 1230. The highest BCUT2D eigenvalue weighted by molar-refractivity contribution is 9.10. The molecule has 162 valence electrons. The van der Waals surface area contributed by atoms with Gasteiger partial charge in [0, 0.05) is 26.4 Å². The Morgan fingerprint density at radius 1 is 1.09 bits per heavy atom. The molecule has 0 bridgehead atoms. The second-order valence-corrected chi connectivity index (χ2v) is 8.99. The van der Waals surface area contributed by atoms with E-state index in [0.717, 1.165) is 27.2 Å². The normalized spacial score (nSPS) is 10.7. The van der Waals surface area contributed by atoms with Gasteiger partial charge in [-0.3, -0.25) is 9.36 Å². The van der Waals surface area contributed by atoms with Crippen LogP contribution in [0.3, 0.4) is 0 Å². The van der Waals surface area contributed by atoms with Crippen molar-refractivity contribution in [1.82, 2.24) is 14.8 Å². The summed E-state index contributed by atoms with van der Waals surface area (Å²) in [4.78, 5) is 12.5. The first kappa shape index (κ1) is 22.4. The van der Waals surface area contributed by atoms with Gasteiger partial charge in [-0.15, -0.1) is 10.2 Å². The molecule has 0 fully saturated rings. The third-order valence-electron chi connectivity index (χ3n) is 4.51. The molecule has 0 aliphatic heterocycles. The summed E-state index contributed by atoms with van der Waals surface area (Å²) in [7, 11) is 1.62. The number of halogens is 2. The number of methoxy groups -OCH3 is 1. The SMILES string of the molecule is COc1ccc(-c2nnc(SCC(=O)Nc3cccc(Br)c3)n2-c2ccc(Cl)cc2)cc1. The minimum Gasteiger partial charge on any atom is -0.497 e. The molecule has 0 atom stereocenters. The monoisotopic (exact) mass is 528 g/mol. The van der Waals surface area contributed by atoms with Gasteiger partial charge < -0.3 is 10.1 Å². The molecule has 6 nitrogen and oxygen atoms in total. The van der Waals surface area contributed by atoms with Crippen LogP contribution in [-0.2, 0) is 4.79 Å². The van der Waals surface area contributed by atoms with E-state index in [4.69, 9.17) is 16.3 Å². The lowest BCUT2D eigenvalue weighted by Gasteiger charge is -2.11. The van der Waals surface area contributed by atoms with Crippen molar-refractivity contribution in [2.24, 2.45) is 0 Å². The molecule has 0 radical (unpaired) electrons. The van der Waals surface area contributed by atoms with Crippen molar-refractivity contribution in [2.75, 3.05) is 18.2 Å². The summed E-state index contributed by atoms with van der Waals surface area (Å²) in [6, 6.07) is 22.4. The summed E-state index contributed by atoms with van der Waals surface area (Å²) in [5.41, 5.74) is 2.45. The van der Waals surface area contributed by atoms with Crippen LogP contribution in [-0.4, -0.2) is 33.5 Å². The van der Waals surface area contributed by atoms with E-state index in [2.05, 4.69) is 31.4 Å². The number of hydrogen-bond donors (Lipinski definition) is 1. The number of benzene rings is 3. The van der Waals surface area contributed by atoms with Gasteiger partial charge in [-0.25, -0.2) is 0 Å². The largest absolute Gasteiger partial charge is 0.497 e. The predicted molar refractivity (Wildman–Crippen MR) is 132 cm³/mol. The molecular weight excluding hydrogens is 512 g/mol. The molecule has 32 heavy (non-hydrogen) atoms. The van der Waals surface area contributed by atoms with Crippen LogP contribution in [0.1, 0.15) is 0 Å². The Labute approximate surface area is 203 Å². The quantitative estimate of drug-likeness (QED) is 0.293. The lowest BCUT2D eigenvalue weighted by molar-refractivity contribution is -0.113. The first-order valence-corrected chi connectivity index (χ1v) is 11.7. The summed E-state index contributed by atoms with van der Waals surface area (Å²) < 4.78 is 8.06. The number of anilines is 1. The minimum absolute atomic E-state index is 0.134. The van der Waals surface area contributed by atoms with Gasteiger partial charge in [-0.05, 0) is 66.7 Å². The van der Waals surface area contributed by atoms with Gasteiger partial charge in [0.15, 0.2) is 11.0 Å². The van der Waals surface area contributed by atoms with Gasteiger partial charge in [0.05, 0.1) is 12.9 Å². The zero-order valence-corrected chi connectivity index (χ0v) is 20.1. The van der Waals surface area contributed by atoms with Crippen LogP contribution in [0, 0.1) is 0 Å². The molecule has 9 heteroatoms. The summed E-state index contributed by atoms with van der Waals surface area (Å²) in [6.07, 6.45) is 0. The fraction of sp³-hybridized carbons (Fsp3) is 0.0870. The van der Waals surface area contributed by atoms with Gasteiger partial charge in [-0.1, -0.05) is 45.4 Å². The summed E-state index contributed by atoms with van der Waals surface area (Å²) >= 11 is 10.8. The molecule has 3 aromatic carbocycles. The molecule has 0 unspecified atom stereocenters. The lowest BCUT2D eigenvalue weighted by Crippen LogP contribution is -2.14. The van der Waals surface area contributed by atoms with Crippen molar-refractivity contribution in [1.29, 1.82) is 0 Å². The van der Waals surface area contributed by atoms with Crippen LogP contribution in [0.5, 0.6) is 5.75 Å². The summed E-state index contributed by atoms with van der Waals surface area (Å²) in [5, 5.41) is 12.9. The number of hydrogen-bond acceptors (Lipinski definition) is 5. The van der Waals surface area contributed by atoms with E-state index in [1.807, 2.05) is 77.4 Å². The number of amides is 1. The number of nitrogens with one attached hydrogen (secondary N) is 1. The Balaban J connectivity index is 1.60. The molecule has 1 heterocycles. The standard InChI is InChI=1S/C23H18BrClN4O2S/c1-31-20-11-5-15(6-12-20)22-27-28-23(29(22)19-9-7-17(25)8-10-19)32-14-21(30)26-18-4-2-3-16(24)13-18/h2-13H,14H2,1H3,(H,26,30). The number of carbonyl (C=O) groups is 1. The highest BCUT2D eigenvalue weighted by Gasteiger charge is 2.17. The molecule has 0 saturated carbocycles. The van der Waals surface area contributed by atoms with Crippen molar-refractivity contribution in [3.05, 3.63) is 82.3 Å². The number of nitrogens with zero attached hydrogens (tertiary/aromatic N) is 3. The maximum Gasteiger partial charge on any atom is 0.234 e. The minimum atomic E-state index is -0.134. The Kier molecular flexibility index (Phi) is 7.14. The van der Waals surface area contributed by atoms with Crippen molar-refractivity contribution >= 4 is 50.9 Å². The number of rotatable bonds is 7. The third kappa shape index (κ3) is 5.32. The van der Waals surface area contributed by atoms with Crippen molar-refractivity contribution in [3.63, 3.8) is 0 Å². The molecule has 1 amide bonds. The number of ether oxygens (including phenoxy) is 1. The molecule has 4 rings (SSSR count). The fourth-order valence-corrected chi connectivity index (χ4v) is 4.28. The van der Waals surface area contributed by atoms with Crippen molar-refractivity contribution < 1.29 is 9.53 Å². The zero-order chi connectivity index (χ0) is 22.5. The van der Waals surface area contributed by atoms with E-state index < -0.39 is 0 Å². The highest BCUT2D eigenvalue weighted by atomic mass is 79.9. The molecule has 0 aliphatic rings. The van der Waals surface area contributed by atoms with Crippen LogP contribution < -0.4 is 10.1 Å². The second-order valence-electron chi connectivity index (χ2n) is 6.69. The summed E-state index contributed by atoms with van der Waals surface area (Å²) in [6.45, 7) is 0. The Morgan fingerprint density at radius 2 is 1.84 bits per heavy atom. The molecular formula is C23H18BrClN4O2S. The van der Waals surface area contributed by atoms with Gasteiger partial charge >= 0.3 is 0 Å². The van der Waals surface area contributed by atoms with E-state index in [1.54, 1.807) is 7.11 Å². The van der Waals surface area contributed by atoms with Crippen LogP contribution in [0.2, 0.25) is 5.02 Å². The van der Waals surface area contributed by atoms with Crippen LogP contribution in [0.15, 0.2) is 82.4 Å². The van der Waals surface area contributed by atoms with Gasteiger partial charge in [0.25, 0.3) is 0 Å². The van der Waals surface area contributed by atoms with Crippen LogP contribution >= 0.6 is 39.3 Å². The predicted octanol–water partition coefficient (Wildman–Crippen LogP) is 6.09. The molecule has 4 aromatic rings. The van der Waals surface area contributed by atoms with Crippen LogP contribution in [0.4, 0.5) is 5.69 Å². The maximum atomic E-state index is 12.5. The number of aromatic nitrogens is 3. The number of thioether (sulfide) groups is 1. The third-order valence-corrected chi connectivity index (χ3v) is 6.18. The van der Waals surface area contributed by atoms with Crippen LogP contribution in [0.25, 0.3) is 17.1 Å². The smallest absolute Gasteiger partial charge is 0.234 e. The fourth-order valence-electron chi connectivity index (χ4n) is 3.01. The average Bonchev–Trinajstić information content (AvgIpc) is 3.22. The van der Waals surface area contributed by atoms with Crippen molar-refractivity contribution in [2.45, 2.75) is 5.16 Å². The molecule has 0 spiro atoms. The highest BCUT2D eigenvalue weighted by Crippen LogP contribution is 2.29. The zero-order valence-electron chi connectivity index (χ0n) is 17.0. The van der Waals surface area contributed by atoms with E-state index in [9.17, 15) is 4.79 Å². The summed E-state index contributed by atoms with van der Waals surface area (Å²) in [5.74, 6) is 1.46. The topological polar surface area (TPSA) is 69.0 Å². The molecule has 1 N–H and O–H groups in total. The second kappa shape index (κ2) is 10.2. The first-order chi connectivity index (χ1) is 15.5. The Morgan fingerprint density at radius 3 is 2.53 bits per heavy atom. The van der Waals surface area contributed by atoms with Crippen molar-refractivity contribution in [3.8, 4) is 22.8 Å². The van der Waals surface area contributed by atoms with Gasteiger partial charge in [0.2, 0.25) is 5.91 Å². The molecule has 0 saturated heterocycles. The Hall–Kier alpha value is -2.81. The first-order valence-electron chi connectivity index (χ1n) is 9.57. The van der Waals surface area contributed by atoms with Gasteiger partial charge in [0.1, 0.15) is 5.75 Å². The van der Waals surface area contributed by atoms with E-state index in [-0.39, 0.29) is 11.7 Å².